The number of imidazole rings is 1. The number of aliphatic hydroxyl groups is 1. The van der Waals surface area contributed by atoms with Crippen molar-refractivity contribution >= 4 is 0 Å². The maximum atomic E-state index is 10.1. The third kappa shape index (κ3) is 1.30. The number of hydrogen-bond donors (Lipinski definition) is 2. The first-order valence-corrected chi connectivity index (χ1v) is 4.95. The van der Waals surface area contributed by atoms with E-state index in [0.29, 0.717) is 6.61 Å². The van der Waals surface area contributed by atoms with Gasteiger partial charge in [0.1, 0.15) is 12.1 Å². The van der Waals surface area contributed by atoms with E-state index in [9.17, 15) is 5.11 Å². The molecule has 2 saturated heterocycles. The first-order valence-electron chi connectivity index (χ1n) is 4.95. The normalized spacial score (nSPS) is 44.5. The molecule has 15 heavy (non-hydrogen) atoms. The Hall–Kier alpha value is -0.950. The average Bonchev–Trinajstić information content (AvgIpc) is 2.85. The summed E-state index contributed by atoms with van der Waals surface area (Å²) in [6, 6.07) is -0.711. The van der Waals surface area contributed by atoms with Crippen LogP contribution in [-0.2, 0) is 9.47 Å². The summed E-state index contributed by atoms with van der Waals surface area (Å²) in [7, 11) is 0. The second-order valence-corrected chi connectivity index (χ2v) is 3.94. The highest BCUT2D eigenvalue weighted by molar-refractivity contribution is 4.99. The third-order valence-electron chi connectivity index (χ3n) is 3.06. The number of nitrogens with two attached hydrogens (primary N) is 1. The summed E-state index contributed by atoms with van der Waals surface area (Å²) in [5, 5.41) is 10.1. The van der Waals surface area contributed by atoms with Gasteiger partial charge in [-0.15, -0.1) is 0 Å². The lowest BCUT2D eigenvalue weighted by Gasteiger charge is -2.36. The van der Waals surface area contributed by atoms with Gasteiger partial charge in [0.05, 0.1) is 25.1 Å². The van der Waals surface area contributed by atoms with Crippen LogP contribution in [0.5, 0.6) is 0 Å². The maximum Gasteiger partial charge on any atom is 0.181 e. The van der Waals surface area contributed by atoms with Crippen molar-refractivity contribution in [1.29, 1.82) is 0 Å². The van der Waals surface area contributed by atoms with Crippen molar-refractivity contribution in [3.8, 4) is 0 Å². The van der Waals surface area contributed by atoms with Crippen LogP contribution in [0.3, 0.4) is 0 Å². The van der Waals surface area contributed by atoms with E-state index in [1.165, 1.54) is 0 Å². The van der Waals surface area contributed by atoms with E-state index in [1.807, 2.05) is 0 Å². The summed E-state index contributed by atoms with van der Waals surface area (Å²) in [6.45, 7) is 0.452. The minimum absolute atomic E-state index is 0.190. The molecule has 2 aliphatic heterocycles. The fourth-order valence-electron chi connectivity index (χ4n) is 2.19. The van der Waals surface area contributed by atoms with Crippen LogP contribution in [0.15, 0.2) is 18.7 Å². The van der Waals surface area contributed by atoms with E-state index >= 15 is 0 Å². The molecular weight excluding hydrogens is 198 g/mol. The van der Waals surface area contributed by atoms with Gasteiger partial charge in [-0.25, -0.2) is 4.98 Å². The van der Waals surface area contributed by atoms with E-state index in [0.717, 1.165) is 0 Å². The Kier molecular flexibility index (Phi) is 2.03. The predicted octanol–water partition coefficient (Wildman–Crippen LogP) is -1.13. The highest BCUT2D eigenvalue weighted by Gasteiger charge is 2.49. The van der Waals surface area contributed by atoms with Crippen LogP contribution < -0.4 is 5.73 Å². The first kappa shape index (κ1) is 9.29. The van der Waals surface area contributed by atoms with Gasteiger partial charge < -0.3 is 24.9 Å². The van der Waals surface area contributed by atoms with Crippen LogP contribution in [0.25, 0.3) is 0 Å². The molecule has 0 unspecified atom stereocenters. The van der Waals surface area contributed by atoms with Crippen LogP contribution in [0, 0.1) is 0 Å². The van der Waals surface area contributed by atoms with Crippen molar-refractivity contribution in [3.63, 3.8) is 0 Å². The van der Waals surface area contributed by atoms with Gasteiger partial charge in [-0.1, -0.05) is 0 Å². The number of fused-ring (bicyclic) bond motifs is 2. The van der Waals surface area contributed by atoms with Crippen molar-refractivity contribution in [3.05, 3.63) is 18.7 Å². The lowest BCUT2D eigenvalue weighted by molar-refractivity contribution is -0.160. The molecular formula is C9H13N3O3. The standard InChI is InChI=1S/C9H13N3O3/c10-6-5-3-14-9(15-5)7(8(6)13)12-2-1-11-4-12/h1-2,4-9,13H,3,10H2/t5-,6-,7-,8+,9-/m1/s1. The molecule has 3 heterocycles. The van der Waals surface area contributed by atoms with Gasteiger partial charge in [0.25, 0.3) is 0 Å². The second-order valence-electron chi connectivity index (χ2n) is 3.94. The van der Waals surface area contributed by atoms with Crippen LogP contribution >= 0.6 is 0 Å². The van der Waals surface area contributed by atoms with E-state index in [1.54, 1.807) is 23.3 Å². The molecule has 3 N–H and O–H groups in total. The van der Waals surface area contributed by atoms with Crippen molar-refractivity contribution in [2.45, 2.75) is 30.6 Å². The Morgan fingerprint density at radius 2 is 2.40 bits per heavy atom. The molecule has 3 rings (SSSR count). The molecule has 6 heteroatoms. The van der Waals surface area contributed by atoms with Gasteiger partial charge in [-0.2, -0.15) is 0 Å². The van der Waals surface area contributed by atoms with Crippen molar-refractivity contribution in [2.75, 3.05) is 6.61 Å². The zero-order valence-corrected chi connectivity index (χ0v) is 8.06. The SMILES string of the molecule is N[C@H]1[C@H](O)[C@@H](n2ccnc2)[C@@H]2OC[C@H]1O2. The molecule has 2 bridgehead atoms. The summed E-state index contributed by atoms with van der Waals surface area (Å²) >= 11 is 0. The fraction of sp³-hybridized carbons (Fsp3) is 0.667. The van der Waals surface area contributed by atoms with Crippen LogP contribution in [0.4, 0.5) is 0 Å². The predicted molar refractivity (Wildman–Crippen MR) is 49.9 cm³/mol. The maximum absolute atomic E-state index is 10.1. The van der Waals surface area contributed by atoms with E-state index in [-0.39, 0.29) is 12.1 Å². The largest absolute Gasteiger partial charge is 0.389 e. The van der Waals surface area contributed by atoms with E-state index in [4.69, 9.17) is 15.2 Å². The Labute approximate surface area is 86.6 Å². The topological polar surface area (TPSA) is 82.5 Å². The summed E-state index contributed by atoms with van der Waals surface area (Å²) in [4.78, 5) is 3.94. The fourth-order valence-corrected chi connectivity index (χ4v) is 2.19. The first-order chi connectivity index (χ1) is 7.27. The van der Waals surface area contributed by atoms with E-state index in [2.05, 4.69) is 4.98 Å². The summed E-state index contributed by atoms with van der Waals surface area (Å²) < 4.78 is 12.8. The van der Waals surface area contributed by atoms with Crippen LogP contribution in [0.2, 0.25) is 0 Å². The monoisotopic (exact) mass is 211 g/mol. The second kappa shape index (κ2) is 3.28. The smallest absolute Gasteiger partial charge is 0.181 e. The van der Waals surface area contributed by atoms with E-state index < -0.39 is 18.4 Å². The average molecular weight is 211 g/mol. The van der Waals surface area contributed by atoms with Crippen molar-refractivity contribution in [1.82, 2.24) is 9.55 Å². The number of aliphatic hydroxyl groups excluding tert-OH is 1. The highest BCUT2D eigenvalue weighted by atomic mass is 16.7. The Morgan fingerprint density at radius 1 is 1.53 bits per heavy atom. The van der Waals surface area contributed by atoms with Crippen LogP contribution in [-0.4, -0.2) is 45.8 Å². The number of rotatable bonds is 1. The van der Waals surface area contributed by atoms with Gasteiger partial charge in [0.15, 0.2) is 6.29 Å². The zero-order chi connectivity index (χ0) is 10.4. The molecule has 0 amide bonds. The molecule has 2 aliphatic rings. The Balaban J connectivity index is 1.93. The third-order valence-corrected chi connectivity index (χ3v) is 3.06. The van der Waals surface area contributed by atoms with Gasteiger partial charge in [0, 0.05) is 12.4 Å². The lowest BCUT2D eigenvalue weighted by atomic mass is 9.97. The molecule has 0 spiro atoms. The van der Waals surface area contributed by atoms with Crippen molar-refractivity contribution in [2.24, 2.45) is 5.73 Å². The minimum atomic E-state index is -0.662. The number of nitrogens with zero attached hydrogens (tertiary/aromatic N) is 2. The van der Waals surface area contributed by atoms with Crippen LogP contribution in [0.1, 0.15) is 6.04 Å². The molecule has 5 atom stereocenters. The molecule has 0 aliphatic carbocycles. The minimum Gasteiger partial charge on any atom is -0.389 e. The molecule has 0 radical (unpaired) electrons. The highest BCUT2D eigenvalue weighted by Crippen LogP contribution is 2.34. The lowest BCUT2D eigenvalue weighted by Crippen LogP contribution is -2.55. The Morgan fingerprint density at radius 3 is 3.13 bits per heavy atom. The zero-order valence-electron chi connectivity index (χ0n) is 8.06. The molecule has 1 aromatic heterocycles. The molecule has 2 fully saturated rings. The quantitative estimate of drug-likeness (QED) is 0.614. The van der Waals surface area contributed by atoms with Gasteiger partial charge in [0.2, 0.25) is 0 Å². The molecule has 0 aromatic carbocycles. The van der Waals surface area contributed by atoms with Gasteiger partial charge >= 0.3 is 0 Å². The molecule has 1 aromatic rings. The number of hydrogen-bond acceptors (Lipinski definition) is 5. The van der Waals surface area contributed by atoms with Crippen molar-refractivity contribution < 1.29 is 14.6 Å². The summed E-state index contributed by atoms with van der Waals surface area (Å²) in [6.07, 6.45) is 3.78. The van der Waals surface area contributed by atoms with Gasteiger partial charge in [-0.3, -0.25) is 0 Å². The number of aromatic nitrogens is 2. The summed E-state index contributed by atoms with van der Waals surface area (Å²) in [5.74, 6) is 0. The summed E-state index contributed by atoms with van der Waals surface area (Å²) in [5.41, 5.74) is 5.87. The van der Waals surface area contributed by atoms with Gasteiger partial charge in [-0.05, 0) is 0 Å². The molecule has 6 nitrogen and oxygen atoms in total. The number of ether oxygens (including phenoxy) is 2. The Bertz CT molecular complexity index is 342. The molecule has 0 saturated carbocycles. The molecule has 82 valence electrons.